The number of fused-ring (bicyclic) bond motifs is 1. The highest BCUT2D eigenvalue weighted by Crippen LogP contribution is 2.32. The zero-order chi connectivity index (χ0) is 29.3. The molecule has 5 aromatic rings. The number of nitrogens with one attached hydrogen (secondary N) is 1. The van der Waals surface area contributed by atoms with Crippen molar-refractivity contribution >= 4 is 22.9 Å². The maximum absolute atomic E-state index is 14.2. The largest absolute Gasteiger partial charge is 0.478 e. The first kappa shape index (κ1) is 27.5. The molecule has 1 amide bonds. The average molecular weight is 563 g/mol. The first-order valence-electron chi connectivity index (χ1n) is 12.4. The lowest BCUT2D eigenvalue weighted by Crippen LogP contribution is -2.27. The molecular weight excluding hydrogens is 540 g/mol. The second-order valence-electron chi connectivity index (χ2n) is 9.44. The summed E-state index contributed by atoms with van der Waals surface area (Å²) in [5.41, 5.74) is 2.00. The van der Waals surface area contributed by atoms with Crippen molar-refractivity contribution in [2.24, 2.45) is 0 Å². The van der Waals surface area contributed by atoms with Crippen molar-refractivity contribution in [1.29, 1.82) is 0 Å². The summed E-state index contributed by atoms with van der Waals surface area (Å²) >= 11 is 0. The van der Waals surface area contributed by atoms with Gasteiger partial charge in [0, 0.05) is 0 Å². The van der Waals surface area contributed by atoms with Gasteiger partial charge >= 0.3 is 12.1 Å². The fourth-order valence-corrected chi connectivity index (χ4v) is 4.53. The summed E-state index contributed by atoms with van der Waals surface area (Å²) < 4.78 is 54.7. The van der Waals surface area contributed by atoms with Crippen LogP contribution in [0.1, 0.15) is 50.4 Å². The van der Waals surface area contributed by atoms with E-state index in [0.717, 1.165) is 17.7 Å². The van der Waals surface area contributed by atoms with Crippen molar-refractivity contribution in [3.63, 3.8) is 0 Å². The Morgan fingerprint density at radius 2 is 1.66 bits per heavy atom. The van der Waals surface area contributed by atoms with E-state index in [1.807, 2.05) is 30.3 Å². The number of carbonyl (C=O) groups excluding carboxylic acids is 1. The molecule has 0 aliphatic heterocycles. The third kappa shape index (κ3) is 5.79. The molecule has 1 aromatic heterocycles. The minimum absolute atomic E-state index is 0.110. The van der Waals surface area contributed by atoms with Crippen LogP contribution < -0.4 is 5.32 Å². The number of hydrogen-bond acceptors (Lipinski definition) is 4. The Bertz CT molecular complexity index is 1750. The molecule has 41 heavy (non-hydrogen) atoms. The number of rotatable bonds is 7. The van der Waals surface area contributed by atoms with Crippen LogP contribution in [0.2, 0.25) is 0 Å². The first-order chi connectivity index (χ1) is 19.5. The van der Waals surface area contributed by atoms with E-state index >= 15 is 0 Å². The summed E-state index contributed by atoms with van der Waals surface area (Å²) in [6.07, 6.45) is -4.83. The average Bonchev–Trinajstić information content (AvgIpc) is 3.34. The SMILES string of the molecule is C[C@H](NC(=O)c1cc(-c2ccccc2)cc2nnn(Cc3ccc(C(F)(F)F)c(F)c3)c12)c1ccc(C(=O)O)cc1. The molecule has 0 saturated carbocycles. The van der Waals surface area contributed by atoms with Gasteiger partial charge in [0.15, 0.2) is 0 Å². The van der Waals surface area contributed by atoms with Gasteiger partial charge in [0.05, 0.1) is 29.3 Å². The lowest BCUT2D eigenvalue weighted by Gasteiger charge is -2.16. The van der Waals surface area contributed by atoms with Crippen LogP contribution in [0.15, 0.2) is 84.9 Å². The maximum Gasteiger partial charge on any atom is 0.419 e. The van der Waals surface area contributed by atoms with Gasteiger partial charge in [0.1, 0.15) is 16.9 Å². The van der Waals surface area contributed by atoms with Crippen LogP contribution in [0.3, 0.4) is 0 Å². The topological polar surface area (TPSA) is 97.1 Å². The van der Waals surface area contributed by atoms with Crippen molar-refractivity contribution in [3.05, 3.63) is 119 Å². The van der Waals surface area contributed by atoms with Crippen LogP contribution in [-0.4, -0.2) is 32.0 Å². The number of alkyl halides is 3. The minimum atomic E-state index is -4.83. The summed E-state index contributed by atoms with van der Waals surface area (Å²) in [4.78, 5) is 24.8. The highest BCUT2D eigenvalue weighted by atomic mass is 19.4. The molecule has 2 N–H and O–H groups in total. The Balaban J connectivity index is 1.53. The van der Waals surface area contributed by atoms with Gasteiger partial charge in [0.25, 0.3) is 5.91 Å². The number of carboxylic acid groups (broad SMARTS) is 1. The normalized spacial score (nSPS) is 12.3. The van der Waals surface area contributed by atoms with Gasteiger partial charge in [-0.3, -0.25) is 4.79 Å². The molecule has 0 unspecified atom stereocenters. The van der Waals surface area contributed by atoms with Crippen LogP contribution in [0.4, 0.5) is 17.6 Å². The van der Waals surface area contributed by atoms with Gasteiger partial charge in [-0.25, -0.2) is 13.9 Å². The van der Waals surface area contributed by atoms with E-state index in [-0.39, 0.29) is 23.2 Å². The fourth-order valence-electron chi connectivity index (χ4n) is 4.53. The predicted molar refractivity (Wildman–Crippen MR) is 143 cm³/mol. The summed E-state index contributed by atoms with van der Waals surface area (Å²) in [7, 11) is 0. The number of halogens is 4. The molecule has 0 spiro atoms. The van der Waals surface area contributed by atoms with E-state index < -0.39 is 35.5 Å². The quantitative estimate of drug-likeness (QED) is 0.221. The smallest absolute Gasteiger partial charge is 0.419 e. The third-order valence-electron chi connectivity index (χ3n) is 6.64. The second-order valence-corrected chi connectivity index (χ2v) is 9.44. The summed E-state index contributed by atoms with van der Waals surface area (Å²) in [5.74, 6) is -2.96. The number of carbonyl (C=O) groups is 2. The number of carboxylic acids is 1. The van der Waals surface area contributed by atoms with Crippen molar-refractivity contribution < 1.29 is 32.3 Å². The molecule has 0 saturated heterocycles. The van der Waals surface area contributed by atoms with Gasteiger partial charge in [0.2, 0.25) is 0 Å². The Morgan fingerprint density at radius 1 is 0.951 bits per heavy atom. The van der Waals surface area contributed by atoms with Crippen LogP contribution in [-0.2, 0) is 12.7 Å². The van der Waals surface area contributed by atoms with Crippen LogP contribution in [0.5, 0.6) is 0 Å². The van der Waals surface area contributed by atoms with Gasteiger partial charge in [-0.05, 0) is 65.6 Å². The number of amides is 1. The maximum atomic E-state index is 14.2. The van der Waals surface area contributed by atoms with Crippen LogP contribution >= 0.6 is 0 Å². The Morgan fingerprint density at radius 3 is 2.29 bits per heavy atom. The molecule has 1 atom stereocenters. The number of nitrogens with zero attached hydrogens (tertiary/aromatic N) is 3. The zero-order valence-electron chi connectivity index (χ0n) is 21.5. The van der Waals surface area contributed by atoms with Crippen LogP contribution in [0, 0.1) is 5.82 Å². The molecule has 0 aliphatic carbocycles. The van der Waals surface area contributed by atoms with Gasteiger partial charge in [-0.2, -0.15) is 13.2 Å². The van der Waals surface area contributed by atoms with E-state index in [0.29, 0.717) is 28.2 Å². The standard InChI is InChI=1S/C30H22F4N4O3/c1-17(19-8-10-21(11-9-19)29(40)41)35-28(39)23-14-22(20-5-3-2-4-6-20)15-26-27(23)38(37-36-26)16-18-7-12-24(25(31)13-18)30(32,33)34/h2-15,17H,16H2,1H3,(H,35,39)(H,40,41)/t17-/m0/s1. The Hall–Kier alpha value is -5.06. The van der Waals surface area contributed by atoms with Crippen LogP contribution in [0.25, 0.3) is 22.2 Å². The molecule has 0 bridgehead atoms. The van der Waals surface area contributed by atoms with Crippen molar-refractivity contribution in [3.8, 4) is 11.1 Å². The van der Waals surface area contributed by atoms with Gasteiger partial charge in [-0.15, -0.1) is 5.10 Å². The van der Waals surface area contributed by atoms with Gasteiger partial charge in [-0.1, -0.05) is 53.7 Å². The highest BCUT2D eigenvalue weighted by Gasteiger charge is 2.34. The Labute approximate surface area is 231 Å². The van der Waals surface area contributed by atoms with E-state index in [1.165, 1.54) is 16.8 Å². The number of aromatic carboxylic acids is 1. The van der Waals surface area contributed by atoms with E-state index in [2.05, 4.69) is 15.6 Å². The molecule has 0 aliphatic rings. The molecule has 7 nitrogen and oxygen atoms in total. The van der Waals surface area contributed by atoms with Gasteiger partial charge < -0.3 is 10.4 Å². The lowest BCUT2D eigenvalue weighted by atomic mass is 10.00. The molecule has 4 aromatic carbocycles. The van der Waals surface area contributed by atoms with E-state index in [1.54, 1.807) is 31.2 Å². The molecule has 208 valence electrons. The number of benzene rings is 4. The fraction of sp³-hybridized carbons (Fsp3) is 0.133. The number of hydrogen-bond donors (Lipinski definition) is 2. The predicted octanol–water partition coefficient (Wildman–Crippen LogP) is 6.49. The third-order valence-corrected chi connectivity index (χ3v) is 6.64. The summed E-state index contributed by atoms with van der Waals surface area (Å²) in [6, 6.07) is 20.9. The molecule has 11 heteroatoms. The van der Waals surface area contributed by atoms with Crippen molar-refractivity contribution in [1.82, 2.24) is 20.3 Å². The minimum Gasteiger partial charge on any atom is -0.478 e. The summed E-state index contributed by atoms with van der Waals surface area (Å²) in [5, 5.41) is 20.4. The first-order valence-corrected chi connectivity index (χ1v) is 12.4. The van der Waals surface area contributed by atoms with Crippen molar-refractivity contribution in [2.75, 3.05) is 0 Å². The van der Waals surface area contributed by atoms with E-state index in [9.17, 15) is 27.2 Å². The molecule has 5 rings (SSSR count). The number of aromatic nitrogens is 3. The summed E-state index contributed by atoms with van der Waals surface area (Å²) in [6.45, 7) is 1.61. The molecule has 1 heterocycles. The lowest BCUT2D eigenvalue weighted by molar-refractivity contribution is -0.140. The Kier molecular flexibility index (Phi) is 7.27. The monoisotopic (exact) mass is 562 g/mol. The molecular formula is C30H22F4N4O3. The van der Waals surface area contributed by atoms with Crippen molar-refractivity contribution in [2.45, 2.75) is 25.7 Å². The zero-order valence-corrected chi connectivity index (χ0v) is 21.5. The highest BCUT2D eigenvalue weighted by molar-refractivity contribution is 6.06. The second kappa shape index (κ2) is 10.8. The molecule has 0 radical (unpaired) electrons. The van der Waals surface area contributed by atoms with E-state index in [4.69, 9.17) is 5.11 Å². The molecule has 0 fully saturated rings.